The molecule has 0 unspecified atom stereocenters. The summed E-state index contributed by atoms with van der Waals surface area (Å²) in [6.07, 6.45) is 0.832. The Hall–Kier alpha value is -3.22. The molecule has 2 aromatic carbocycles. The normalized spacial score (nSPS) is 11.6. The van der Waals surface area contributed by atoms with Crippen molar-refractivity contribution in [2.45, 2.75) is 46.2 Å². The molecule has 2 rings (SSSR count). The van der Waals surface area contributed by atoms with Gasteiger partial charge in [-0.05, 0) is 61.2 Å². The molecule has 0 aromatic heterocycles. The zero-order valence-corrected chi connectivity index (χ0v) is 20.3. The van der Waals surface area contributed by atoms with Crippen LogP contribution in [0.2, 0.25) is 0 Å². The minimum Gasteiger partial charge on any atom is -0.497 e. The standard InChI is InChI=1S/C26H36N2O5/c1-19(2)17-27-26(30)20(3)28(18-21-8-10-22(31-4)11-9-21)25(29)7-6-16-33-24-14-12-23(32-5)13-15-24/h8-15,19-20H,6-7,16-18H2,1-5H3,(H,27,30)/t20-/m0/s1. The summed E-state index contributed by atoms with van der Waals surface area (Å²) in [5.74, 6) is 2.32. The number of rotatable bonds is 13. The van der Waals surface area contributed by atoms with Gasteiger partial charge in [-0.25, -0.2) is 0 Å². The van der Waals surface area contributed by atoms with E-state index in [-0.39, 0.29) is 18.2 Å². The lowest BCUT2D eigenvalue weighted by molar-refractivity contribution is -0.140. The molecule has 0 aliphatic carbocycles. The van der Waals surface area contributed by atoms with Gasteiger partial charge in [0.05, 0.1) is 20.8 Å². The number of nitrogens with zero attached hydrogens (tertiary/aromatic N) is 1. The summed E-state index contributed by atoms with van der Waals surface area (Å²) in [5, 5.41) is 2.93. The first-order valence-corrected chi connectivity index (χ1v) is 11.3. The van der Waals surface area contributed by atoms with Crippen molar-refractivity contribution in [3.8, 4) is 17.2 Å². The highest BCUT2D eigenvalue weighted by atomic mass is 16.5. The van der Waals surface area contributed by atoms with Gasteiger partial charge in [-0.2, -0.15) is 0 Å². The maximum atomic E-state index is 13.1. The molecule has 0 fully saturated rings. The average Bonchev–Trinajstić information content (AvgIpc) is 2.83. The van der Waals surface area contributed by atoms with Crippen molar-refractivity contribution in [3.63, 3.8) is 0 Å². The lowest BCUT2D eigenvalue weighted by atomic mass is 10.1. The van der Waals surface area contributed by atoms with Gasteiger partial charge in [0.15, 0.2) is 0 Å². The van der Waals surface area contributed by atoms with Crippen LogP contribution in [0.25, 0.3) is 0 Å². The van der Waals surface area contributed by atoms with Crippen molar-refractivity contribution in [1.29, 1.82) is 0 Å². The van der Waals surface area contributed by atoms with Crippen molar-refractivity contribution >= 4 is 11.8 Å². The fraction of sp³-hybridized carbons (Fsp3) is 0.462. The largest absolute Gasteiger partial charge is 0.497 e. The minimum absolute atomic E-state index is 0.0867. The minimum atomic E-state index is -0.583. The van der Waals surface area contributed by atoms with E-state index in [0.29, 0.717) is 32.0 Å². The van der Waals surface area contributed by atoms with Crippen molar-refractivity contribution in [2.24, 2.45) is 5.92 Å². The number of carbonyl (C=O) groups excluding carboxylic acids is 2. The quantitative estimate of drug-likeness (QED) is 0.460. The fourth-order valence-electron chi connectivity index (χ4n) is 3.19. The second-order valence-electron chi connectivity index (χ2n) is 8.31. The predicted octanol–water partition coefficient (Wildman–Crippen LogP) is 4.05. The molecule has 7 nitrogen and oxygen atoms in total. The molecule has 0 spiro atoms. The topological polar surface area (TPSA) is 77.1 Å². The molecule has 1 atom stereocenters. The van der Waals surface area contributed by atoms with Crippen molar-refractivity contribution < 1.29 is 23.8 Å². The summed E-state index contributed by atoms with van der Waals surface area (Å²) < 4.78 is 16.1. The molecule has 0 aliphatic rings. The molecule has 0 saturated heterocycles. The summed E-state index contributed by atoms with van der Waals surface area (Å²) in [7, 11) is 3.23. The summed E-state index contributed by atoms with van der Waals surface area (Å²) in [4.78, 5) is 27.4. The number of hydrogen-bond acceptors (Lipinski definition) is 5. The Morgan fingerprint density at radius 2 is 1.42 bits per heavy atom. The van der Waals surface area contributed by atoms with E-state index in [1.54, 1.807) is 26.0 Å². The molecule has 0 radical (unpaired) electrons. The lowest BCUT2D eigenvalue weighted by Crippen LogP contribution is -2.48. The van der Waals surface area contributed by atoms with Crippen LogP contribution in [0.4, 0.5) is 0 Å². The third-order valence-corrected chi connectivity index (χ3v) is 5.23. The van der Waals surface area contributed by atoms with E-state index >= 15 is 0 Å². The van der Waals surface area contributed by atoms with Crippen LogP contribution >= 0.6 is 0 Å². The first kappa shape index (κ1) is 26.0. The number of hydrogen-bond donors (Lipinski definition) is 1. The molecule has 33 heavy (non-hydrogen) atoms. The summed E-state index contributed by atoms with van der Waals surface area (Å²) in [6.45, 7) is 7.16. The van der Waals surface area contributed by atoms with E-state index in [9.17, 15) is 9.59 Å². The molecule has 2 aromatic rings. The van der Waals surface area contributed by atoms with E-state index in [2.05, 4.69) is 5.32 Å². The van der Waals surface area contributed by atoms with Crippen LogP contribution in [0.3, 0.4) is 0 Å². The van der Waals surface area contributed by atoms with Gasteiger partial charge >= 0.3 is 0 Å². The first-order chi connectivity index (χ1) is 15.8. The van der Waals surface area contributed by atoms with Crippen LogP contribution < -0.4 is 19.5 Å². The summed E-state index contributed by atoms with van der Waals surface area (Å²) in [6, 6.07) is 14.3. The van der Waals surface area contributed by atoms with Crippen LogP contribution in [0, 0.1) is 5.92 Å². The molecule has 0 aliphatic heterocycles. The Bertz CT molecular complexity index is 865. The second kappa shape index (κ2) is 13.4. The average molecular weight is 457 g/mol. The van der Waals surface area contributed by atoms with Gasteiger partial charge in [0, 0.05) is 19.5 Å². The third-order valence-electron chi connectivity index (χ3n) is 5.23. The number of nitrogens with one attached hydrogen (secondary N) is 1. The maximum absolute atomic E-state index is 13.1. The number of carbonyl (C=O) groups is 2. The predicted molar refractivity (Wildman–Crippen MR) is 129 cm³/mol. The van der Waals surface area contributed by atoms with Crippen LogP contribution in [0.5, 0.6) is 17.2 Å². The Labute approximate surface area is 197 Å². The maximum Gasteiger partial charge on any atom is 0.242 e. The third kappa shape index (κ3) is 8.67. The highest BCUT2D eigenvalue weighted by Crippen LogP contribution is 2.18. The van der Waals surface area contributed by atoms with E-state index in [1.165, 1.54) is 0 Å². The molecule has 180 valence electrons. The molecule has 0 saturated carbocycles. The monoisotopic (exact) mass is 456 g/mol. The molecular weight excluding hydrogens is 420 g/mol. The van der Waals surface area contributed by atoms with E-state index < -0.39 is 6.04 Å². The highest BCUT2D eigenvalue weighted by Gasteiger charge is 2.25. The van der Waals surface area contributed by atoms with Gasteiger partial charge in [0.2, 0.25) is 11.8 Å². The van der Waals surface area contributed by atoms with Crippen molar-refractivity contribution in [1.82, 2.24) is 10.2 Å². The number of benzene rings is 2. The van der Waals surface area contributed by atoms with Gasteiger partial charge in [-0.1, -0.05) is 26.0 Å². The second-order valence-corrected chi connectivity index (χ2v) is 8.31. The van der Waals surface area contributed by atoms with Crippen LogP contribution in [-0.2, 0) is 16.1 Å². The van der Waals surface area contributed by atoms with E-state index in [1.807, 2.05) is 62.4 Å². The Morgan fingerprint density at radius 3 is 1.97 bits per heavy atom. The summed E-state index contributed by atoms with van der Waals surface area (Å²) >= 11 is 0. The SMILES string of the molecule is COc1ccc(CN(C(=O)CCCOc2ccc(OC)cc2)[C@@H](C)C(=O)NCC(C)C)cc1. The molecule has 0 heterocycles. The van der Waals surface area contributed by atoms with E-state index in [0.717, 1.165) is 22.8 Å². The fourth-order valence-corrected chi connectivity index (χ4v) is 3.19. The molecular formula is C26H36N2O5. The van der Waals surface area contributed by atoms with Crippen LogP contribution in [-0.4, -0.2) is 50.1 Å². The van der Waals surface area contributed by atoms with Gasteiger partial charge in [-0.15, -0.1) is 0 Å². The Morgan fingerprint density at radius 1 is 0.879 bits per heavy atom. The Balaban J connectivity index is 1.98. The van der Waals surface area contributed by atoms with Gasteiger partial charge in [0.25, 0.3) is 0 Å². The lowest BCUT2D eigenvalue weighted by Gasteiger charge is -2.29. The smallest absolute Gasteiger partial charge is 0.242 e. The zero-order chi connectivity index (χ0) is 24.2. The van der Waals surface area contributed by atoms with Crippen molar-refractivity contribution in [3.05, 3.63) is 54.1 Å². The Kier molecular flexibility index (Phi) is 10.5. The molecule has 0 bridgehead atoms. The van der Waals surface area contributed by atoms with Crippen molar-refractivity contribution in [2.75, 3.05) is 27.4 Å². The van der Waals surface area contributed by atoms with Crippen LogP contribution in [0.1, 0.15) is 39.2 Å². The van der Waals surface area contributed by atoms with Gasteiger partial charge < -0.3 is 24.4 Å². The van der Waals surface area contributed by atoms with Gasteiger partial charge in [-0.3, -0.25) is 9.59 Å². The summed E-state index contributed by atoms with van der Waals surface area (Å²) in [5.41, 5.74) is 0.933. The molecule has 7 heteroatoms. The zero-order valence-electron chi connectivity index (χ0n) is 20.3. The number of amides is 2. The highest BCUT2D eigenvalue weighted by molar-refractivity contribution is 5.87. The number of ether oxygens (including phenoxy) is 3. The molecule has 2 amide bonds. The number of methoxy groups -OCH3 is 2. The molecule has 1 N–H and O–H groups in total. The van der Waals surface area contributed by atoms with Crippen LogP contribution in [0.15, 0.2) is 48.5 Å². The first-order valence-electron chi connectivity index (χ1n) is 11.3. The van der Waals surface area contributed by atoms with E-state index in [4.69, 9.17) is 14.2 Å². The van der Waals surface area contributed by atoms with Gasteiger partial charge in [0.1, 0.15) is 23.3 Å².